The summed E-state index contributed by atoms with van der Waals surface area (Å²) in [5.74, 6) is -4.54. The van der Waals surface area contributed by atoms with Gasteiger partial charge in [-0.05, 0) is 11.6 Å². The fraction of sp³-hybridized carbons (Fsp3) is 0.444. The normalized spacial score (nSPS) is 14.0. The first kappa shape index (κ1) is 30.8. The van der Waals surface area contributed by atoms with E-state index in [4.69, 9.17) is 19.8 Å². The predicted octanol–water partition coefficient (Wildman–Crippen LogP) is 1.61. The molecule has 0 fully saturated rings. The van der Waals surface area contributed by atoms with Gasteiger partial charge in [0.15, 0.2) is 0 Å². The minimum atomic E-state index is -5.08. The lowest BCUT2D eigenvalue weighted by Gasteiger charge is -2.27. The number of hydrogen-bond donors (Lipinski definition) is 3. The number of imidazole rings is 1. The Hall–Kier alpha value is -3.25. The molecule has 0 unspecified atom stereocenters. The number of aromatic nitrogens is 3. The quantitative estimate of drug-likeness (QED) is 0.472. The van der Waals surface area contributed by atoms with Crippen LogP contribution < -0.4 is 4.72 Å². The van der Waals surface area contributed by atoms with E-state index < -0.39 is 34.3 Å². The maximum atomic E-state index is 11.1. The van der Waals surface area contributed by atoms with E-state index in [9.17, 15) is 34.8 Å². The van der Waals surface area contributed by atoms with E-state index in [0.717, 1.165) is 44.0 Å². The first-order valence-electron chi connectivity index (χ1n) is 9.59. The second-order valence-corrected chi connectivity index (χ2v) is 8.95. The summed E-state index contributed by atoms with van der Waals surface area (Å²) in [7, 11) is -3.19. The minimum absolute atomic E-state index is 0.238. The van der Waals surface area contributed by atoms with Gasteiger partial charge in [0.05, 0.1) is 25.0 Å². The van der Waals surface area contributed by atoms with Crippen LogP contribution >= 0.6 is 0 Å². The van der Waals surface area contributed by atoms with E-state index in [1.54, 1.807) is 6.20 Å². The Labute approximate surface area is 200 Å². The SMILES string of the molecule is CS(=O)(=O)NCc1cn2c(n1)CN(Cc1cccnc1)CC2.O=C(O)C(F)(F)F.O=C(O)C(F)(F)F. The maximum Gasteiger partial charge on any atom is 0.490 e. The van der Waals surface area contributed by atoms with E-state index in [1.807, 2.05) is 18.5 Å². The lowest BCUT2D eigenvalue weighted by atomic mass is 10.2. The molecule has 0 aliphatic carbocycles. The smallest absolute Gasteiger partial charge is 0.475 e. The summed E-state index contributed by atoms with van der Waals surface area (Å²) in [5, 5.41) is 14.2. The minimum Gasteiger partial charge on any atom is -0.475 e. The molecule has 0 atom stereocenters. The molecule has 0 radical (unpaired) electrons. The predicted molar refractivity (Wildman–Crippen MR) is 110 cm³/mol. The molecule has 3 heterocycles. The first-order chi connectivity index (χ1) is 16.4. The maximum absolute atomic E-state index is 11.1. The fourth-order valence-corrected chi connectivity index (χ4v) is 2.95. The molecule has 202 valence electrons. The molecule has 0 saturated carbocycles. The van der Waals surface area contributed by atoms with Gasteiger partial charge in [0, 0.05) is 38.2 Å². The number of carboxylic acids is 2. The molecule has 0 bridgehead atoms. The van der Waals surface area contributed by atoms with Gasteiger partial charge < -0.3 is 14.8 Å². The molecule has 1 aliphatic rings. The Balaban J connectivity index is 0.000000383. The lowest BCUT2D eigenvalue weighted by Crippen LogP contribution is -2.33. The second kappa shape index (κ2) is 12.6. The van der Waals surface area contributed by atoms with Gasteiger partial charge >= 0.3 is 24.3 Å². The van der Waals surface area contributed by atoms with Crippen molar-refractivity contribution in [1.29, 1.82) is 0 Å². The molecule has 18 heteroatoms. The number of nitrogens with one attached hydrogen (secondary N) is 1. The summed E-state index contributed by atoms with van der Waals surface area (Å²) in [6, 6.07) is 4.00. The van der Waals surface area contributed by atoms with Gasteiger partial charge in [0.25, 0.3) is 0 Å². The number of aliphatic carboxylic acids is 2. The van der Waals surface area contributed by atoms with E-state index in [-0.39, 0.29) is 6.54 Å². The van der Waals surface area contributed by atoms with Crippen LogP contribution in [0.4, 0.5) is 26.3 Å². The van der Waals surface area contributed by atoms with Gasteiger partial charge in [-0.1, -0.05) is 6.07 Å². The number of alkyl halides is 6. The molecule has 0 spiro atoms. The van der Waals surface area contributed by atoms with Crippen LogP contribution in [-0.4, -0.2) is 75.2 Å². The van der Waals surface area contributed by atoms with Crippen molar-refractivity contribution < 1.29 is 54.6 Å². The average molecular weight is 549 g/mol. The summed E-state index contributed by atoms with van der Waals surface area (Å²) in [6.45, 7) is 3.64. The van der Waals surface area contributed by atoms with Crippen LogP contribution in [0.15, 0.2) is 30.7 Å². The molecular weight excluding hydrogens is 528 g/mol. The number of nitrogens with zero attached hydrogens (tertiary/aromatic N) is 4. The van der Waals surface area contributed by atoms with Gasteiger partial charge in [-0.15, -0.1) is 0 Å². The topological polar surface area (TPSA) is 155 Å². The van der Waals surface area contributed by atoms with E-state index in [0.29, 0.717) is 0 Å². The number of carboxylic acid groups (broad SMARTS) is 2. The number of rotatable bonds is 5. The number of hydrogen-bond acceptors (Lipinski definition) is 7. The van der Waals surface area contributed by atoms with Gasteiger partial charge in [-0.3, -0.25) is 9.88 Å². The molecule has 2 aromatic heterocycles. The van der Waals surface area contributed by atoms with Crippen LogP contribution in [0.5, 0.6) is 0 Å². The Morgan fingerprint density at radius 3 is 2.08 bits per heavy atom. The van der Waals surface area contributed by atoms with Crippen LogP contribution in [-0.2, 0) is 45.8 Å². The zero-order valence-electron chi connectivity index (χ0n) is 18.4. The molecule has 0 saturated heterocycles. The summed E-state index contributed by atoms with van der Waals surface area (Å²) in [5.41, 5.74) is 1.94. The highest BCUT2D eigenvalue weighted by Crippen LogP contribution is 2.16. The van der Waals surface area contributed by atoms with Gasteiger partial charge in [-0.25, -0.2) is 27.7 Å². The average Bonchev–Trinajstić information content (AvgIpc) is 3.14. The lowest BCUT2D eigenvalue weighted by molar-refractivity contribution is -0.193. The van der Waals surface area contributed by atoms with E-state index in [2.05, 4.69) is 30.2 Å². The highest BCUT2D eigenvalue weighted by molar-refractivity contribution is 7.88. The zero-order valence-corrected chi connectivity index (χ0v) is 19.2. The Bertz CT molecular complexity index is 1100. The van der Waals surface area contributed by atoms with Crippen LogP contribution in [0.25, 0.3) is 0 Å². The first-order valence-corrected chi connectivity index (χ1v) is 11.5. The third-order valence-electron chi connectivity index (χ3n) is 4.06. The van der Waals surface area contributed by atoms with Gasteiger partial charge in [-0.2, -0.15) is 26.3 Å². The van der Waals surface area contributed by atoms with E-state index >= 15 is 0 Å². The Kier molecular flexibility index (Phi) is 10.8. The third kappa shape index (κ3) is 11.9. The van der Waals surface area contributed by atoms with Crippen molar-refractivity contribution in [2.24, 2.45) is 0 Å². The van der Waals surface area contributed by atoms with Crippen molar-refractivity contribution in [3.63, 3.8) is 0 Å². The Morgan fingerprint density at radius 2 is 1.64 bits per heavy atom. The van der Waals surface area contributed by atoms with Crippen LogP contribution in [0.2, 0.25) is 0 Å². The fourth-order valence-electron chi connectivity index (χ4n) is 2.54. The number of fused-ring (bicyclic) bond motifs is 1. The Morgan fingerprint density at radius 1 is 1.08 bits per heavy atom. The van der Waals surface area contributed by atoms with Crippen molar-refractivity contribution >= 4 is 22.0 Å². The summed E-state index contributed by atoms with van der Waals surface area (Å²) in [6.07, 6.45) is -3.44. The number of pyridine rings is 1. The number of sulfonamides is 1. The standard InChI is InChI=1S/C14H19N5O2S.2C2HF3O2/c1-22(20,21)16-8-13-10-19-6-5-18(11-14(19)17-13)9-12-3-2-4-15-7-12;2*3-2(4,5)1(6)7/h2-4,7,10,16H,5-6,8-9,11H2,1H3;2*(H,6,7). The summed E-state index contributed by atoms with van der Waals surface area (Å²) < 4.78 is 90.3. The highest BCUT2D eigenvalue weighted by atomic mass is 32.2. The molecule has 11 nitrogen and oxygen atoms in total. The molecule has 0 aromatic carbocycles. The summed E-state index contributed by atoms with van der Waals surface area (Å²) >= 11 is 0. The zero-order chi connectivity index (χ0) is 27.7. The molecule has 2 aromatic rings. The van der Waals surface area contributed by atoms with Crippen molar-refractivity contribution in [1.82, 2.24) is 24.2 Å². The highest BCUT2D eigenvalue weighted by Gasteiger charge is 2.38. The van der Waals surface area contributed by atoms with Gasteiger partial charge in [0.1, 0.15) is 5.82 Å². The molecule has 0 amide bonds. The van der Waals surface area contributed by atoms with Gasteiger partial charge in [0.2, 0.25) is 10.0 Å². The summed E-state index contributed by atoms with van der Waals surface area (Å²) in [4.78, 5) is 28.8. The number of carbonyl (C=O) groups is 2. The third-order valence-corrected chi connectivity index (χ3v) is 4.73. The molecule has 3 N–H and O–H groups in total. The second-order valence-electron chi connectivity index (χ2n) is 7.11. The molecule has 36 heavy (non-hydrogen) atoms. The van der Waals surface area contributed by atoms with E-state index in [1.165, 1.54) is 5.56 Å². The monoisotopic (exact) mass is 549 g/mol. The van der Waals surface area contributed by atoms with Crippen molar-refractivity contribution in [3.8, 4) is 0 Å². The van der Waals surface area contributed by atoms with Crippen LogP contribution in [0.1, 0.15) is 17.1 Å². The number of halogens is 6. The molecule has 3 rings (SSSR count). The van der Waals surface area contributed by atoms with Crippen molar-refractivity contribution in [2.75, 3.05) is 12.8 Å². The molecule has 1 aliphatic heterocycles. The largest absolute Gasteiger partial charge is 0.490 e. The van der Waals surface area contributed by atoms with Crippen molar-refractivity contribution in [2.45, 2.75) is 38.5 Å². The molecular formula is C18H21F6N5O6S. The van der Waals surface area contributed by atoms with Crippen LogP contribution in [0.3, 0.4) is 0 Å². The van der Waals surface area contributed by atoms with Crippen LogP contribution in [0, 0.1) is 0 Å². The van der Waals surface area contributed by atoms with Crippen molar-refractivity contribution in [3.05, 3.63) is 47.8 Å².